The van der Waals surface area contributed by atoms with E-state index >= 15 is 0 Å². The minimum absolute atomic E-state index is 0.145. The molecule has 3 rings (SSSR count). The van der Waals surface area contributed by atoms with Crippen LogP contribution >= 0.6 is 11.6 Å². The van der Waals surface area contributed by atoms with Gasteiger partial charge < -0.3 is 9.30 Å². The number of halogens is 1. The second kappa shape index (κ2) is 5.88. The van der Waals surface area contributed by atoms with Crippen molar-refractivity contribution in [2.45, 2.75) is 58.1 Å². The number of ether oxygens (including phenoxy) is 1. The van der Waals surface area contributed by atoms with Crippen molar-refractivity contribution in [3.63, 3.8) is 0 Å². The summed E-state index contributed by atoms with van der Waals surface area (Å²) in [6, 6.07) is 6.70. The summed E-state index contributed by atoms with van der Waals surface area (Å²) in [4.78, 5) is 4.76. The highest BCUT2D eigenvalue weighted by molar-refractivity contribution is 6.16. The van der Waals surface area contributed by atoms with Crippen LogP contribution in [0.15, 0.2) is 18.2 Å². The molecule has 0 saturated heterocycles. The zero-order chi connectivity index (χ0) is 15.0. The Balaban J connectivity index is 2.10. The van der Waals surface area contributed by atoms with E-state index in [0.29, 0.717) is 11.9 Å². The number of hydrogen-bond acceptors (Lipinski definition) is 2. The summed E-state index contributed by atoms with van der Waals surface area (Å²) in [7, 11) is 0. The number of benzene rings is 1. The van der Waals surface area contributed by atoms with E-state index in [0.717, 1.165) is 28.5 Å². The Morgan fingerprint density at radius 2 is 2.19 bits per heavy atom. The van der Waals surface area contributed by atoms with E-state index in [1.807, 2.05) is 19.9 Å². The number of hydrogen-bond donors (Lipinski definition) is 0. The van der Waals surface area contributed by atoms with Crippen LogP contribution in [-0.4, -0.2) is 15.7 Å². The van der Waals surface area contributed by atoms with Gasteiger partial charge in [0.05, 0.1) is 17.5 Å². The molecule has 0 spiro atoms. The Hall–Kier alpha value is -1.22. The quantitative estimate of drug-likeness (QED) is 0.749. The molecular formula is C17H23ClN2O. The highest BCUT2D eigenvalue weighted by Crippen LogP contribution is 2.39. The van der Waals surface area contributed by atoms with Crippen LogP contribution in [-0.2, 0) is 5.88 Å². The maximum absolute atomic E-state index is 6.15. The van der Waals surface area contributed by atoms with Crippen molar-refractivity contribution in [1.82, 2.24) is 9.55 Å². The van der Waals surface area contributed by atoms with E-state index < -0.39 is 0 Å². The van der Waals surface area contributed by atoms with Crippen molar-refractivity contribution >= 4 is 22.6 Å². The molecule has 3 nitrogen and oxygen atoms in total. The minimum atomic E-state index is 0.145. The van der Waals surface area contributed by atoms with Crippen LogP contribution in [0.25, 0.3) is 11.0 Å². The molecule has 2 aromatic rings. The van der Waals surface area contributed by atoms with Gasteiger partial charge in [0.15, 0.2) is 0 Å². The SMILES string of the molecule is CC1CCC(n2c(CCl)nc3c(OC(C)C)cccc32)C1. The van der Waals surface area contributed by atoms with Crippen LogP contribution in [0.2, 0.25) is 0 Å². The summed E-state index contributed by atoms with van der Waals surface area (Å²) in [6.07, 6.45) is 3.86. The molecule has 2 atom stereocenters. The number of fused-ring (bicyclic) bond motifs is 1. The lowest BCUT2D eigenvalue weighted by Crippen LogP contribution is -2.09. The van der Waals surface area contributed by atoms with Gasteiger partial charge >= 0.3 is 0 Å². The Kier molecular flexibility index (Phi) is 4.12. The van der Waals surface area contributed by atoms with E-state index in [9.17, 15) is 0 Å². The van der Waals surface area contributed by atoms with Crippen LogP contribution in [0.3, 0.4) is 0 Å². The van der Waals surface area contributed by atoms with Crippen LogP contribution in [0.5, 0.6) is 5.75 Å². The zero-order valence-electron chi connectivity index (χ0n) is 13.0. The number of alkyl halides is 1. The summed E-state index contributed by atoms with van der Waals surface area (Å²) >= 11 is 6.15. The Bertz CT molecular complexity index is 635. The third kappa shape index (κ3) is 2.76. The maximum Gasteiger partial charge on any atom is 0.147 e. The van der Waals surface area contributed by atoms with E-state index in [1.165, 1.54) is 19.3 Å². The number of imidazole rings is 1. The van der Waals surface area contributed by atoms with Gasteiger partial charge in [-0.2, -0.15) is 0 Å². The van der Waals surface area contributed by atoms with Crippen molar-refractivity contribution in [1.29, 1.82) is 0 Å². The molecule has 1 aromatic carbocycles. The number of rotatable bonds is 4. The van der Waals surface area contributed by atoms with Crippen LogP contribution in [0.4, 0.5) is 0 Å². The van der Waals surface area contributed by atoms with Gasteiger partial charge in [0, 0.05) is 6.04 Å². The third-order valence-corrected chi connectivity index (χ3v) is 4.51. The Morgan fingerprint density at radius 1 is 1.38 bits per heavy atom. The monoisotopic (exact) mass is 306 g/mol. The first-order valence-electron chi connectivity index (χ1n) is 7.82. The van der Waals surface area contributed by atoms with Crippen molar-refractivity contribution < 1.29 is 4.74 Å². The fraction of sp³-hybridized carbons (Fsp3) is 0.588. The van der Waals surface area contributed by atoms with E-state index in [2.05, 4.69) is 23.6 Å². The molecule has 0 aliphatic heterocycles. The topological polar surface area (TPSA) is 27.1 Å². The fourth-order valence-electron chi connectivity index (χ4n) is 3.40. The largest absolute Gasteiger partial charge is 0.489 e. The first kappa shape index (κ1) is 14.7. The zero-order valence-corrected chi connectivity index (χ0v) is 13.7. The molecule has 4 heteroatoms. The van der Waals surface area contributed by atoms with Gasteiger partial charge in [-0.3, -0.25) is 0 Å². The first-order valence-corrected chi connectivity index (χ1v) is 8.36. The number of nitrogens with zero attached hydrogens (tertiary/aromatic N) is 2. The average Bonchev–Trinajstić information content (AvgIpc) is 3.01. The van der Waals surface area contributed by atoms with Gasteiger partial charge in [-0.25, -0.2) is 4.98 Å². The highest BCUT2D eigenvalue weighted by atomic mass is 35.5. The van der Waals surface area contributed by atoms with Gasteiger partial charge in [-0.1, -0.05) is 13.0 Å². The lowest BCUT2D eigenvalue weighted by molar-refractivity contribution is 0.245. The molecule has 1 fully saturated rings. The molecule has 0 N–H and O–H groups in total. The molecule has 114 valence electrons. The summed E-state index contributed by atoms with van der Waals surface area (Å²) in [5.41, 5.74) is 2.10. The summed E-state index contributed by atoms with van der Waals surface area (Å²) in [5, 5.41) is 0. The number of para-hydroxylation sites is 1. The molecule has 0 amide bonds. The second-order valence-corrected chi connectivity index (χ2v) is 6.66. The van der Waals surface area contributed by atoms with Crippen molar-refractivity contribution in [2.75, 3.05) is 0 Å². The van der Waals surface area contributed by atoms with Crippen molar-refractivity contribution in [2.24, 2.45) is 5.92 Å². The molecule has 2 unspecified atom stereocenters. The smallest absolute Gasteiger partial charge is 0.147 e. The second-order valence-electron chi connectivity index (χ2n) is 6.39. The number of aromatic nitrogens is 2. The molecule has 1 aliphatic rings. The van der Waals surface area contributed by atoms with Crippen molar-refractivity contribution in [3.05, 3.63) is 24.0 Å². The van der Waals surface area contributed by atoms with E-state index in [1.54, 1.807) is 0 Å². The van der Waals surface area contributed by atoms with Gasteiger partial charge in [0.2, 0.25) is 0 Å². The highest BCUT2D eigenvalue weighted by Gasteiger charge is 2.27. The van der Waals surface area contributed by atoms with Gasteiger partial charge in [0.1, 0.15) is 17.1 Å². The van der Waals surface area contributed by atoms with Gasteiger partial charge in [0.25, 0.3) is 0 Å². The predicted molar refractivity (Wildman–Crippen MR) is 87.1 cm³/mol. The summed E-state index contributed by atoms with van der Waals surface area (Å²) < 4.78 is 8.25. The first-order chi connectivity index (χ1) is 10.1. The van der Waals surface area contributed by atoms with Crippen LogP contribution in [0, 0.1) is 5.92 Å². The summed E-state index contributed by atoms with van der Waals surface area (Å²) in [5.74, 6) is 3.05. The molecule has 21 heavy (non-hydrogen) atoms. The molecule has 1 aliphatic carbocycles. The maximum atomic E-state index is 6.15. The normalized spacial score (nSPS) is 22.3. The minimum Gasteiger partial charge on any atom is -0.489 e. The summed E-state index contributed by atoms with van der Waals surface area (Å²) in [6.45, 7) is 6.40. The Labute approximate surface area is 131 Å². The lowest BCUT2D eigenvalue weighted by Gasteiger charge is -2.16. The van der Waals surface area contributed by atoms with E-state index in [4.69, 9.17) is 21.3 Å². The van der Waals surface area contributed by atoms with Gasteiger partial charge in [-0.05, 0) is 51.2 Å². The average molecular weight is 307 g/mol. The molecule has 1 aromatic heterocycles. The van der Waals surface area contributed by atoms with Crippen molar-refractivity contribution in [3.8, 4) is 5.75 Å². The molecular weight excluding hydrogens is 284 g/mol. The standard InChI is InChI=1S/C17H23ClN2O/c1-11(2)21-15-6-4-5-14-17(15)19-16(10-18)20(14)13-8-7-12(3)9-13/h4-6,11-13H,7-10H2,1-3H3. The van der Waals surface area contributed by atoms with Gasteiger partial charge in [-0.15, -0.1) is 11.6 Å². The molecule has 1 saturated carbocycles. The lowest BCUT2D eigenvalue weighted by atomic mass is 10.1. The molecule has 0 bridgehead atoms. The molecule has 0 radical (unpaired) electrons. The predicted octanol–water partition coefficient (Wildman–Crippen LogP) is 4.92. The van der Waals surface area contributed by atoms with Crippen LogP contribution in [0.1, 0.15) is 51.9 Å². The fourth-order valence-corrected chi connectivity index (χ4v) is 3.59. The third-order valence-electron chi connectivity index (χ3n) is 4.27. The van der Waals surface area contributed by atoms with E-state index in [-0.39, 0.29) is 6.10 Å². The molecule has 1 heterocycles. The Morgan fingerprint density at radius 3 is 2.81 bits per heavy atom. The van der Waals surface area contributed by atoms with Crippen LogP contribution < -0.4 is 4.74 Å².